The summed E-state index contributed by atoms with van der Waals surface area (Å²) < 4.78 is 5.55. The Bertz CT molecular complexity index is 791. The van der Waals surface area contributed by atoms with Crippen LogP contribution in [0, 0.1) is 0 Å². The fourth-order valence-corrected chi connectivity index (χ4v) is 3.06. The Kier molecular flexibility index (Phi) is 9.11. The van der Waals surface area contributed by atoms with E-state index in [-0.39, 0.29) is 5.91 Å². The molecule has 1 N–H and O–H groups in total. The van der Waals surface area contributed by atoms with Gasteiger partial charge in [0.1, 0.15) is 5.75 Å². The van der Waals surface area contributed by atoms with Gasteiger partial charge in [0.25, 0.3) is 0 Å². The molecule has 0 aliphatic heterocycles. The zero-order valence-corrected chi connectivity index (χ0v) is 17.6. The first-order chi connectivity index (χ1) is 13.5. The number of hydrogen-bond donors (Lipinski definition) is 1. The molecule has 2 aromatic rings. The highest BCUT2D eigenvalue weighted by molar-refractivity contribution is 6.35. The van der Waals surface area contributed by atoms with E-state index in [9.17, 15) is 4.79 Å². The maximum atomic E-state index is 11.8. The highest BCUT2D eigenvalue weighted by Gasteiger charge is 2.04. The van der Waals surface area contributed by atoms with Crippen molar-refractivity contribution >= 4 is 41.0 Å². The molecule has 0 radical (unpaired) electrons. The first-order valence-electron chi connectivity index (χ1n) is 9.28. The largest absolute Gasteiger partial charge is 0.492 e. The fourth-order valence-electron chi connectivity index (χ4n) is 2.60. The first-order valence-corrected chi connectivity index (χ1v) is 10.0. The summed E-state index contributed by atoms with van der Waals surface area (Å²) in [5.74, 6) is 0.388. The zero-order chi connectivity index (χ0) is 20.4. The van der Waals surface area contributed by atoms with Crippen molar-refractivity contribution in [3.8, 4) is 5.75 Å². The molecule has 28 heavy (non-hydrogen) atoms. The molecule has 0 atom stereocenters. The molecule has 2 rings (SSSR count). The van der Waals surface area contributed by atoms with Crippen LogP contribution in [0.3, 0.4) is 0 Å². The Morgan fingerprint density at radius 2 is 1.86 bits per heavy atom. The molecule has 0 unspecified atom stereocenters. The van der Waals surface area contributed by atoms with E-state index in [0.717, 1.165) is 18.7 Å². The van der Waals surface area contributed by atoms with E-state index in [1.165, 1.54) is 5.69 Å². The number of ether oxygens (including phenoxy) is 1. The van der Waals surface area contributed by atoms with Crippen molar-refractivity contribution < 1.29 is 9.53 Å². The Morgan fingerprint density at radius 1 is 1.14 bits per heavy atom. The van der Waals surface area contributed by atoms with Crippen molar-refractivity contribution in [3.63, 3.8) is 0 Å². The lowest BCUT2D eigenvalue weighted by Gasteiger charge is -2.20. The molecule has 0 saturated heterocycles. The number of amides is 1. The van der Waals surface area contributed by atoms with Crippen molar-refractivity contribution in [2.45, 2.75) is 26.7 Å². The van der Waals surface area contributed by atoms with Crippen LogP contribution in [-0.4, -0.2) is 31.8 Å². The van der Waals surface area contributed by atoms with Crippen molar-refractivity contribution in [2.75, 3.05) is 24.6 Å². The van der Waals surface area contributed by atoms with Gasteiger partial charge in [-0.2, -0.15) is 5.10 Å². The SMILES string of the molecule is CCN(CC)c1ccc(/C=N\NC(=O)CCCOc2ccc(Cl)cc2Cl)cc1. The second-order valence-electron chi connectivity index (χ2n) is 6.08. The number of carbonyl (C=O) groups is 1. The van der Waals surface area contributed by atoms with E-state index in [4.69, 9.17) is 27.9 Å². The normalized spacial score (nSPS) is 10.9. The maximum absolute atomic E-state index is 11.8. The number of benzene rings is 2. The van der Waals surface area contributed by atoms with Gasteiger partial charge in [-0.3, -0.25) is 4.79 Å². The maximum Gasteiger partial charge on any atom is 0.240 e. The van der Waals surface area contributed by atoms with Crippen molar-refractivity contribution in [1.29, 1.82) is 0 Å². The van der Waals surface area contributed by atoms with Crippen LogP contribution >= 0.6 is 23.2 Å². The monoisotopic (exact) mass is 421 g/mol. The third-order valence-electron chi connectivity index (χ3n) is 4.12. The van der Waals surface area contributed by atoms with E-state index in [0.29, 0.717) is 35.2 Å². The van der Waals surface area contributed by atoms with Crippen LogP contribution in [0.5, 0.6) is 5.75 Å². The number of hydrazone groups is 1. The summed E-state index contributed by atoms with van der Waals surface area (Å²) in [5, 5.41) is 5.01. The molecule has 0 saturated carbocycles. The van der Waals surface area contributed by atoms with Gasteiger partial charge < -0.3 is 9.64 Å². The smallest absolute Gasteiger partial charge is 0.240 e. The first kappa shape index (κ1) is 22.1. The predicted octanol–water partition coefficient (Wildman–Crippen LogP) is 5.15. The van der Waals surface area contributed by atoms with E-state index >= 15 is 0 Å². The van der Waals surface area contributed by atoms with Crippen LogP contribution in [0.25, 0.3) is 0 Å². The molecule has 1 amide bonds. The Labute approximate surface area is 176 Å². The Balaban J connectivity index is 1.70. The van der Waals surface area contributed by atoms with Crippen molar-refractivity contribution in [1.82, 2.24) is 5.43 Å². The number of carbonyl (C=O) groups excluding carboxylic acids is 1. The molecule has 2 aromatic carbocycles. The summed E-state index contributed by atoms with van der Waals surface area (Å²) in [6.45, 7) is 6.57. The molecule has 0 aliphatic carbocycles. The minimum atomic E-state index is -0.165. The standard InChI is InChI=1S/C21H25Cl2N3O2/c1-3-26(4-2)18-10-7-16(8-11-18)15-24-25-21(27)6-5-13-28-20-12-9-17(22)14-19(20)23/h7-12,14-15H,3-6,13H2,1-2H3,(H,25,27)/b24-15-. The van der Waals surface area contributed by atoms with Gasteiger partial charge in [0, 0.05) is 30.2 Å². The van der Waals surface area contributed by atoms with Crippen LogP contribution in [0.2, 0.25) is 10.0 Å². The summed E-state index contributed by atoms with van der Waals surface area (Å²) >= 11 is 11.9. The predicted molar refractivity (Wildman–Crippen MR) is 117 cm³/mol. The molecule has 0 heterocycles. The number of hydrogen-bond acceptors (Lipinski definition) is 4. The van der Waals surface area contributed by atoms with E-state index in [2.05, 4.69) is 41.4 Å². The van der Waals surface area contributed by atoms with Gasteiger partial charge in [0.05, 0.1) is 17.8 Å². The minimum absolute atomic E-state index is 0.165. The van der Waals surface area contributed by atoms with Gasteiger partial charge in [0.2, 0.25) is 5.91 Å². The highest BCUT2D eigenvalue weighted by atomic mass is 35.5. The Hall–Kier alpha value is -2.24. The van der Waals surface area contributed by atoms with Crippen LogP contribution in [0.4, 0.5) is 5.69 Å². The molecular weight excluding hydrogens is 397 g/mol. The van der Waals surface area contributed by atoms with Crippen LogP contribution in [0.15, 0.2) is 47.6 Å². The zero-order valence-electron chi connectivity index (χ0n) is 16.1. The lowest BCUT2D eigenvalue weighted by molar-refractivity contribution is -0.121. The molecule has 0 spiro atoms. The minimum Gasteiger partial charge on any atom is -0.492 e. The van der Waals surface area contributed by atoms with Gasteiger partial charge in [-0.05, 0) is 56.2 Å². The molecule has 0 aliphatic rings. The van der Waals surface area contributed by atoms with Gasteiger partial charge >= 0.3 is 0 Å². The molecule has 7 heteroatoms. The third-order valence-corrected chi connectivity index (χ3v) is 4.65. The molecule has 150 valence electrons. The van der Waals surface area contributed by atoms with Crippen LogP contribution in [0.1, 0.15) is 32.3 Å². The topological polar surface area (TPSA) is 53.9 Å². The van der Waals surface area contributed by atoms with Crippen molar-refractivity contribution in [2.24, 2.45) is 5.10 Å². The van der Waals surface area contributed by atoms with E-state index in [1.54, 1.807) is 24.4 Å². The third kappa shape index (κ3) is 7.06. The summed E-state index contributed by atoms with van der Waals surface area (Å²) in [4.78, 5) is 14.1. The molecule has 5 nitrogen and oxygen atoms in total. The molecule has 0 bridgehead atoms. The van der Waals surface area contributed by atoms with E-state index < -0.39 is 0 Å². The van der Waals surface area contributed by atoms with Gasteiger partial charge in [-0.15, -0.1) is 0 Å². The summed E-state index contributed by atoms with van der Waals surface area (Å²) in [6.07, 6.45) is 2.50. The second kappa shape index (κ2) is 11.6. The number of nitrogens with zero attached hydrogens (tertiary/aromatic N) is 2. The highest BCUT2D eigenvalue weighted by Crippen LogP contribution is 2.27. The molecule has 0 fully saturated rings. The van der Waals surface area contributed by atoms with Crippen molar-refractivity contribution in [3.05, 3.63) is 58.1 Å². The number of anilines is 1. The summed E-state index contributed by atoms with van der Waals surface area (Å²) in [7, 11) is 0. The van der Waals surface area contributed by atoms with Gasteiger partial charge in [-0.1, -0.05) is 35.3 Å². The van der Waals surface area contributed by atoms with Gasteiger partial charge in [0.15, 0.2) is 0 Å². The van der Waals surface area contributed by atoms with Crippen LogP contribution < -0.4 is 15.1 Å². The molecular formula is C21H25Cl2N3O2. The summed E-state index contributed by atoms with van der Waals surface area (Å²) in [6, 6.07) is 13.1. The fraction of sp³-hybridized carbons (Fsp3) is 0.333. The number of rotatable bonds is 10. The van der Waals surface area contributed by atoms with Crippen LogP contribution in [-0.2, 0) is 4.79 Å². The lowest BCUT2D eigenvalue weighted by atomic mass is 10.2. The average Bonchev–Trinajstić information content (AvgIpc) is 2.69. The number of nitrogens with one attached hydrogen (secondary N) is 1. The number of halogens is 2. The Morgan fingerprint density at radius 3 is 2.50 bits per heavy atom. The molecule has 0 aromatic heterocycles. The average molecular weight is 422 g/mol. The summed E-state index contributed by atoms with van der Waals surface area (Å²) in [5.41, 5.74) is 4.63. The van der Waals surface area contributed by atoms with Gasteiger partial charge in [-0.25, -0.2) is 5.43 Å². The van der Waals surface area contributed by atoms with E-state index in [1.807, 2.05) is 12.1 Å². The lowest BCUT2D eigenvalue weighted by Crippen LogP contribution is -2.21. The quantitative estimate of drug-likeness (QED) is 0.327. The second-order valence-corrected chi connectivity index (χ2v) is 6.93.